The maximum Gasteiger partial charge on any atom is 0.0672 e. The van der Waals surface area contributed by atoms with Gasteiger partial charge in [-0.3, -0.25) is 0 Å². The van der Waals surface area contributed by atoms with Gasteiger partial charge in [-0.2, -0.15) is 5.26 Å². The van der Waals surface area contributed by atoms with E-state index in [2.05, 4.69) is 11.4 Å². The van der Waals surface area contributed by atoms with Crippen LogP contribution >= 0.6 is 0 Å². The lowest BCUT2D eigenvalue weighted by atomic mass is 9.85. The minimum Gasteiger partial charge on any atom is -0.378 e. The first-order chi connectivity index (χ1) is 7.90. The summed E-state index contributed by atoms with van der Waals surface area (Å²) in [5, 5.41) is 12.6. The number of rotatable bonds is 4. The predicted molar refractivity (Wildman–Crippen MR) is 63.0 cm³/mol. The molecule has 2 rings (SSSR count). The number of hydrogen-bond acceptors (Lipinski definition) is 3. The average Bonchev–Trinajstić information content (AvgIpc) is 2.83. The molecular weight excluding hydrogens is 200 g/mol. The van der Waals surface area contributed by atoms with Gasteiger partial charge in [-0.1, -0.05) is 12.8 Å². The van der Waals surface area contributed by atoms with Gasteiger partial charge in [0.1, 0.15) is 0 Å². The van der Waals surface area contributed by atoms with E-state index >= 15 is 0 Å². The van der Waals surface area contributed by atoms with E-state index in [9.17, 15) is 0 Å². The van der Waals surface area contributed by atoms with Crippen molar-refractivity contribution in [1.29, 1.82) is 5.26 Å². The van der Waals surface area contributed by atoms with Gasteiger partial charge in [0.2, 0.25) is 0 Å². The molecule has 0 aromatic heterocycles. The van der Waals surface area contributed by atoms with Crippen molar-refractivity contribution in [3.05, 3.63) is 0 Å². The molecule has 1 aliphatic heterocycles. The van der Waals surface area contributed by atoms with Crippen molar-refractivity contribution in [3.63, 3.8) is 0 Å². The van der Waals surface area contributed by atoms with Gasteiger partial charge in [-0.05, 0) is 38.6 Å². The average molecular weight is 222 g/mol. The van der Waals surface area contributed by atoms with Crippen LogP contribution in [0.3, 0.4) is 0 Å². The Kier molecular flexibility index (Phi) is 4.62. The van der Waals surface area contributed by atoms with Gasteiger partial charge < -0.3 is 10.1 Å². The highest BCUT2D eigenvalue weighted by Crippen LogP contribution is 2.24. The highest BCUT2D eigenvalue weighted by molar-refractivity contribution is 4.94. The van der Waals surface area contributed by atoms with Crippen LogP contribution in [0.15, 0.2) is 0 Å². The first-order valence-electron chi connectivity index (χ1n) is 6.65. The zero-order valence-corrected chi connectivity index (χ0v) is 9.95. The lowest BCUT2D eigenvalue weighted by molar-refractivity contribution is 0.102. The lowest BCUT2D eigenvalue weighted by Gasteiger charge is -2.28. The third kappa shape index (κ3) is 3.20. The van der Waals surface area contributed by atoms with E-state index in [0.29, 0.717) is 12.1 Å². The summed E-state index contributed by atoms with van der Waals surface area (Å²) < 4.78 is 5.59. The maximum absolute atomic E-state index is 9.06. The van der Waals surface area contributed by atoms with Gasteiger partial charge in [-0.15, -0.1) is 0 Å². The molecule has 0 radical (unpaired) electrons. The van der Waals surface area contributed by atoms with Crippen molar-refractivity contribution in [1.82, 2.24) is 5.32 Å². The number of nitriles is 1. The third-order valence-corrected chi connectivity index (χ3v) is 3.83. The summed E-state index contributed by atoms with van der Waals surface area (Å²) in [6, 6.07) is 2.87. The van der Waals surface area contributed by atoms with Crippen LogP contribution in [0.5, 0.6) is 0 Å². The van der Waals surface area contributed by atoms with E-state index in [-0.39, 0.29) is 5.92 Å². The molecule has 1 saturated heterocycles. The first kappa shape index (κ1) is 11.9. The van der Waals surface area contributed by atoms with E-state index in [1.54, 1.807) is 0 Å². The summed E-state index contributed by atoms with van der Waals surface area (Å²) in [6.45, 7) is 1.95. The molecular formula is C13H22N2O. The van der Waals surface area contributed by atoms with Crippen molar-refractivity contribution in [2.24, 2.45) is 5.92 Å². The molecule has 16 heavy (non-hydrogen) atoms. The van der Waals surface area contributed by atoms with Crippen LogP contribution in [-0.2, 0) is 4.74 Å². The summed E-state index contributed by atoms with van der Waals surface area (Å²) in [4.78, 5) is 0. The van der Waals surface area contributed by atoms with Crippen molar-refractivity contribution >= 4 is 0 Å². The Morgan fingerprint density at radius 1 is 1.19 bits per heavy atom. The van der Waals surface area contributed by atoms with Crippen LogP contribution in [0.2, 0.25) is 0 Å². The smallest absolute Gasteiger partial charge is 0.0672 e. The topological polar surface area (TPSA) is 45.0 Å². The molecule has 3 heteroatoms. The Hall–Kier alpha value is -0.590. The highest BCUT2D eigenvalue weighted by Gasteiger charge is 2.24. The van der Waals surface area contributed by atoms with Gasteiger partial charge in [0.25, 0.3) is 0 Å². The number of hydrogen-bond donors (Lipinski definition) is 1. The van der Waals surface area contributed by atoms with E-state index in [1.165, 1.54) is 32.1 Å². The molecule has 0 aromatic rings. The van der Waals surface area contributed by atoms with Crippen molar-refractivity contribution < 1.29 is 4.74 Å². The zero-order chi connectivity index (χ0) is 11.2. The van der Waals surface area contributed by atoms with E-state index in [1.807, 2.05) is 0 Å². The summed E-state index contributed by atoms with van der Waals surface area (Å²) in [5.41, 5.74) is 0. The number of nitrogens with zero attached hydrogens (tertiary/aromatic N) is 1. The number of nitrogens with one attached hydrogen (secondary N) is 1. The molecule has 1 N–H and O–H groups in total. The monoisotopic (exact) mass is 222 g/mol. The molecule has 0 bridgehead atoms. The number of ether oxygens (including phenoxy) is 1. The zero-order valence-electron chi connectivity index (χ0n) is 9.95. The van der Waals surface area contributed by atoms with Crippen LogP contribution in [0, 0.1) is 17.2 Å². The van der Waals surface area contributed by atoms with Gasteiger partial charge in [-0.25, -0.2) is 0 Å². The fourth-order valence-electron chi connectivity index (χ4n) is 2.83. The Morgan fingerprint density at radius 3 is 2.81 bits per heavy atom. The molecule has 2 fully saturated rings. The quantitative estimate of drug-likeness (QED) is 0.793. The Morgan fingerprint density at radius 2 is 2.06 bits per heavy atom. The molecule has 1 aliphatic carbocycles. The standard InChI is InChI=1S/C13H22N2O/c14-10-11-4-1-2-6-13(11)15-8-7-12-5-3-9-16-12/h11-13,15H,1-9H2. The van der Waals surface area contributed by atoms with Crippen molar-refractivity contribution in [2.45, 2.75) is 57.1 Å². The summed E-state index contributed by atoms with van der Waals surface area (Å²) in [7, 11) is 0. The molecule has 3 nitrogen and oxygen atoms in total. The van der Waals surface area contributed by atoms with E-state index in [0.717, 1.165) is 26.0 Å². The molecule has 0 amide bonds. The van der Waals surface area contributed by atoms with Gasteiger partial charge in [0.15, 0.2) is 0 Å². The van der Waals surface area contributed by atoms with Crippen LogP contribution < -0.4 is 5.32 Å². The second-order valence-corrected chi connectivity index (χ2v) is 5.00. The van der Waals surface area contributed by atoms with E-state index < -0.39 is 0 Å². The second kappa shape index (κ2) is 6.22. The second-order valence-electron chi connectivity index (χ2n) is 5.00. The normalized spacial score (nSPS) is 34.8. The van der Waals surface area contributed by atoms with Gasteiger partial charge >= 0.3 is 0 Å². The molecule has 1 saturated carbocycles. The summed E-state index contributed by atoms with van der Waals surface area (Å²) in [5.74, 6) is 0.234. The predicted octanol–water partition coefficient (Wildman–Crippen LogP) is 2.23. The third-order valence-electron chi connectivity index (χ3n) is 3.83. The Balaban J connectivity index is 1.65. The molecule has 90 valence electrons. The molecule has 1 heterocycles. The lowest BCUT2D eigenvalue weighted by Crippen LogP contribution is -2.39. The fourth-order valence-corrected chi connectivity index (χ4v) is 2.83. The summed E-state index contributed by atoms with van der Waals surface area (Å²) >= 11 is 0. The van der Waals surface area contributed by atoms with Crippen molar-refractivity contribution in [3.8, 4) is 6.07 Å². The molecule has 3 atom stereocenters. The van der Waals surface area contributed by atoms with Gasteiger partial charge in [0, 0.05) is 12.6 Å². The van der Waals surface area contributed by atoms with Crippen LogP contribution in [-0.4, -0.2) is 25.3 Å². The summed E-state index contributed by atoms with van der Waals surface area (Å²) in [6.07, 6.45) is 8.75. The molecule has 3 unspecified atom stereocenters. The Bertz CT molecular complexity index is 243. The minimum atomic E-state index is 0.234. The molecule has 0 aromatic carbocycles. The maximum atomic E-state index is 9.06. The van der Waals surface area contributed by atoms with Crippen LogP contribution in [0.4, 0.5) is 0 Å². The van der Waals surface area contributed by atoms with Gasteiger partial charge in [0.05, 0.1) is 18.1 Å². The fraction of sp³-hybridized carbons (Fsp3) is 0.923. The van der Waals surface area contributed by atoms with E-state index in [4.69, 9.17) is 10.00 Å². The van der Waals surface area contributed by atoms with Crippen LogP contribution in [0.1, 0.15) is 44.9 Å². The van der Waals surface area contributed by atoms with Crippen molar-refractivity contribution in [2.75, 3.05) is 13.2 Å². The SMILES string of the molecule is N#CC1CCCCC1NCCC1CCCO1. The first-order valence-corrected chi connectivity index (χ1v) is 6.65. The minimum absolute atomic E-state index is 0.234. The molecule has 2 aliphatic rings. The molecule has 0 spiro atoms. The highest BCUT2D eigenvalue weighted by atomic mass is 16.5. The Labute approximate surface area is 98.2 Å². The largest absolute Gasteiger partial charge is 0.378 e. The van der Waals surface area contributed by atoms with Crippen LogP contribution in [0.25, 0.3) is 0 Å².